The van der Waals surface area contributed by atoms with Crippen molar-refractivity contribution in [3.63, 3.8) is 0 Å². The van der Waals surface area contributed by atoms with Gasteiger partial charge in [0.05, 0.1) is 33.9 Å². The molecular weight excluding hydrogens is 374 g/mol. The number of fused-ring (bicyclic) bond motifs is 1. The fourth-order valence-corrected chi connectivity index (χ4v) is 3.31. The molecule has 0 radical (unpaired) electrons. The molecule has 2 rings (SSSR count). The number of carbonyl (C=O) groups is 2. The van der Waals surface area contributed by atoms with E-state index < -0.39 is 0 Å². The molecule has 0 saturated heterocycles. The van der Waals surface area contributed by atoms with E-state index >= 15 is 0 Å². The molecule has 1 aliphatic rings. The number of carbonyl (C=O) groups excluding carboxylic acids is 2. The SMILES string of the molecule is CCC(=O)OCCCCCOC(=O)CCN1CCc2cc(OC)c(OC)cc2C1. The molecule has 0 spiro atoms. The first kappa shape index (κ1) is 23.0. The highest BCUT2D eigenvalue weighted by Crippen LogP contribution is 2.33. The van der Waals surface area contributed by atoms with E-state index in [-0.39, 0.29) is 11.9 Å². The van der Waals surface area contributed by atoms with Gasteiger partial charge in [-0.15, -0.1) is 0 Å². The van der Waals surface area contributed by atoms with E-state index in [0.29, 0.717) is 32.6 Å². The number of esters is 2. The van der Waals surface area contributed by atoms with Gasteiger partial charge >= 0.3 is 11.9 Å². The second kappa shape index (κ2) is 12.3. The molecule has 0 amide bonds. The van der Waals surface area contributed by atoms with Crippen molar-refractivity contribution in [2.75, 3.05) is 40.5 Å². The monoisotopic (exact) mass is 407 g/mol. The van der Waals surface area contributed by atoms with Crippen LogP contribution in [0.15, 0.2) is 12.1 Å². The quantitative estimate of drug-likeness (QED) is 0.389. The standard InChI is InChI=1S/C22H33NO6/c1-4-21(24)28-12-6-5-7-13-29-22(25)9-11-23-10-8-17-14-19(26-2)20(27-3)15-18(17)16-23/h14-15H,4-13,16H2,1-3H3. The number of hydrogen-bond donors (Lipinski definition) is 0. The summed E-state index contributed by atoms with van der Waals surface area (Å²) < 4.78 is 21.1. The number of unbranched alkanes of at least 4 members (excludes halogenated alkanes) is 2. The Hall–Kier alpha value is -2.28. The molecule has 0 saturated carbocycles. The molecule has 1 aromatic carbocycles. The minimum atomic E-state index is -0.172. The second-order valence-corrected chi connectivity index (χ2v) is 7.11. The summed E-state index contributed by atoms with van der Waals surface area (Å²) in [6.45, 7) is 5.01. The zero-order valence-electron chi connectivity index (χ0n) is 17.8. The Labute approximate surface area is 173 Å². The fourth-order valence-electron chi connectivity index (χ4n) is 3.31. The lowest BCUT2D eigenvalue weighted by Crippen LogP contribution is -2.32. The van der Waals surface area contributed by atoms with Gasteiger partial charge in [-0.2, -0.15) is 0 Å². The highest BCUT2D eigenvalue weighted by molar-refractivity contribution is 5.69. The van der Waals surface area contributed by atoms with E-state index in [9.17, 15) is 9.59 Å². The minimum Gasteiger partial charge on any atom is -0.493 e. The third-order valence-corrected chi connectivity index (χ3v) is 5.03. The number of rotatable bonds is 12. The van der Waals surface area contributed by atoms with Crippen LogP contribution in [0.5, 0.6) is 11.5 Å². The highest BCUT2D eigenvalue weighted by atomic mass is 16.5. The van der Waals surface area contributed by atoms with Gasteiger partial charge in [0.15, 0.2) is 11.5 Å². The van der Waals surface area contributed by atoms with Gasteiger partial charge in [-0.1, -0.05) is 6.92 Å². The van der Waals surface area contributed by atoms with Crippen LogP contribution in [0.3, 0.4) is 0 Å². The Morgan fingerprint density at radius 3 is 2.17 bits per heavy atom. The van der Waals surface area contributed by atoms with Crippen molar-refractivity contribution in [1.29, 1.82) is 0 Å². The van der Waals surface area contributed by atoms with Gasteiger partial charge in [-0.3, -0.25) is 14.5 Å². The van der Waals surface area contributed by atoms with Crippen LogP contribution in [-0.4, -0.2) is 57.4 Å². The summed E-state index contributed by atoms with van der Waals surface area (Å²) in [5.74, 6) is 1.15. The van der Waals surface area contributed by atoms with Gasteiger partial charge in [0.25, 0.3) is 0 Å². The van der Waals surface area contributed by atoms with Crippen molar-refractivity contribution in [2.45, 2.75) is 52.0 Å². The molecule has 0 fully saturated rings. The lowest BCUT2D eigenvalue weighted by molar-refractivity contribution is -0.144. The number of benzene rings is 1. The molecular formula is C22H33NO6. The minimum absolute atomic E-state index is 0.166. The number of hydrogen-bond acceptors (Lipinski definition) is 7. The maximum Gasteiger partial charge on any atom is 0.307 e. The van der Waals surface area contributed by atoms with Crippen molar-refractivity contribution in [1.82, 2.24) is 4.90 Å². The fraction of sp³-hybridized carbons (Fsp3) is 0.636. The van der Waals surface area contributed by atoms with Crippen molar-refractivity contribution in [2.24, 2.45) is 0 Å². The zero-order chi connectivity index (χ0) is 21.1. The van der Waals surface area contributed by atoms with Crippen molar-refractivity contribution in [3.05, 3.63) is 23.3 Å². The normalized spacial score (nSPS) is 13.5. The topological polar surface area (TPSA) is 74.3 Å². The van der Waals surface area contributed by atoms with Crippen molar-refractivity contribution in [3.8, 4) is 11.5 Å². The Morgan fingerprint density at radius 2 is 1.55 bits per heavy atom. The van der Waals surface area contributed by atoms with Gasteiger partial charge in [0.2, 0.25) is 0 Å². The number of ether oxygens (including phenoxy) is 4. The Morgan fingerprint density at radius 1 is 0.931 bits per heavy atom. The van der Waals surface area contributed by atoms with Crippen LogP contribution in [0.25, 0.3) is 0 Å². The number of nitrogens with zero attached hydrogens (tertiary/aromatic N) is 1. The predicted octanol–water partition coefficient (Wildman–Crippen LogP) is 3.12. The molecule has 162 valence electrons. The summed E-state index contributed by atoms with van der Waals surface area (Å²) in [7, 11) is 3.28. The molecule has 7 heteroatoms. The van der Waals surface area contributed by atoms with Crippen LogP contribution < -0.4 is 9.47 Å². The lowest BCUT2D eigenvalue weighted by Gasteiger charge is -2.29. The largest absolute Gasteiger partial charge is 0.493 e. The maximum absolute atomic E-state index is 12.0. The molecule has 1 aliphatic heterocycles. The van der Waals surface area contributed by atoms with Crippen LogP contribution in [-0.2, 0) is 32.0 Å². The summed E-state index contributed by atoms with van der Waals surface area (Å²) in [5.41, 5.74) is 2.48. The maximum atomic E-state index is 12.0. The van der Waals surface area contributed by atoms with E-state index in [1.54, 1.807) is 21.1 Å². The first-order valence-corrected chi connectivity index (χ1v) is 10.3. The average molecular weight is 408 g/mol. The Bertz CT molecular complexity index is 676. The first-order chi connectivity index (χ1) is 14.1. The van der Waals surface area contributed by atoms with Gasteiger partial charge < -0.3 is 18.9 Å². The molecule has 7 nitrogen and oxygen atoms in total. The molecule has 0 atom stereocenters. The van der Waals surface area contributed by atoms with E-state index in [0.717, 1.165) is 50.3 Å². The van der Waals surface area contributed by atoms with E-state index in [1.165, 1.54) is 11.1 Å². The predicted molar refractivity (Wildman–Crippen MR) is 109 cm³/mol. The molecule has 1 heterocycles. The summed E-state index contributed by atoms with van der Waals surface area (Å²) in [6.07, 6.45) is 4.17. The van der Waals surface area contributed by atoms with Gasteiger partial charge in [-0.05, 0) is 48.9 Å². The average Bonchev–Trinajstić information content (AvgIpc) is 2.75. The van der Waals surface area contributed by atoms with Crippen molar-refractivity contribution < 1.29 is 28.5 Å². The summed E-state index contributed by atoms with van der Waals surface area (Å²) in [6, 6.07) is 4.07. The third kappa shape index (κ3) is 7.57. The van der Waals surface area contributed by atoms with Crippen molar-refractivity contribution >= 4 is 11.9 Å². The molecule has 0 aromatic heterocycles. The molecule has 29 heavy (non-hydrogen) atoms. The number of methoxy groups -OCH3 is 2. The van der Waals surface area contributed by atoms with Gasteiger partial charge in [-0.25, -0.2) is 0 Å². The summed E-state index contributed by atoms with van der Waals surface area (Å²) >= 11 is 0. The lowest BCUT2D eigenvalue weighted by atomic mass is 9.98. The summed E-state index contributed by atoms with van der Waals surface area (Å²) in [4.78, 5) is 25.3. The molecule has 0 N–H and O–H groups in total. The van der Waals surface area contributed by atoms with Gasteiger partial charge in [0, 0.05) is 26.1 Å². The molecule has 0 unspecified atom stereocenters. The van der Waals surface area contributed by atoms with E-state index in [4.69, 9.17) is 18.9 Å². The Kier molecular flexibility index (Phi) is 9.77. The zero-order valence-corrected chi connectivity index (χ0v) is 17.8. The van der Waals surface area contributed by atoms with E-state index in [1.807, 2.05) is 12.1 Å². The highest BCUT2D eigenvalue weighted by Gasteiger charge is 2.20. The molecule has 0 bridgehead atoms. The van der Waals surface area contributed by atoms with Gasteiger partial charge in [0.1, 0.15) is 0 Å². The van der Waals surface area contributed by atoms with Crippen LogP contribution >= 0.6 is 0 Å². The van der Waals surface area contributed by atoms with E-state index in [2.05, 4.69) is 4.90 Å². The smallest absolute Gasteiger partial charge is 0.307 e. The second-order valence-electron chi connectivity index (χ2n) is 7.11. The van der Waals surface area contributed by atoms with Crippen LogP contribution in [0.2, 0.25) is 0 Å². The molecule has 0 aliphatic carbocycles. The third-order valence-electron chi connectivity index (χ3n) is 5.03. The Balaban J connectivity index is 1.63. The van der Waals surface area contributed by atoms with Crippen LogP contribution in [0, 0.1) is 0 Å². The summed E-state index contributed by atoms with van der Waals surface area (Å²) in [5, 5.41) is 0. The van der Waals surface area contributed by atoms with Crippen LogP contribution in [0.4, 0.5) is 0 Å². The first-order valence-electron chi connectivity index (χ1n) is 10.3. The molecule has 1 aromatic rings. The van der Waals surface area contributed by atoms with Crippen LogP contribution in [0.1, 0.15) is 50.2 Å².